The first-order chi connectivity index (χ1) is 11.6. The second kappa shape index (κ2) is 6.84. The van der Waals surface area contributed by atoms with E-state index in [2.05, 4.69) is 10.00 Å². The van der Waals surface area contributed by atoms with Gasteiger partial charge in [0.05, 0.1) is 18.9 Å². The summed E-state index contributed by atoms with van der Waals surface area (Å²) in [6.45, 7) is 2.88. The fourth-order valence-electron chi connectivity index (χ4n) is 2.66. The summed E-state index contributed by atoms with van der Waals surface area (Å²) in [4.78, 5) is 29.0. The first kappa shape index (κ1) is 16.2. The van der Waals surface area contributed by atoms with Crippen LogP contribution in [0, 0.1) is 0 Å². The van der Waals surface area contributed by atoms with Crippen LogP contribution in [-0.2, 0) is 0 Å². The Kier molecular flexibility index (Phi) is 4.61. The van der Waals surface area contributed by atoms with E-state index in [-0.39, 0.29) is 22.9 Å². The fourth-order valence-corrected chi connectivity index (χ4v) is 2.66. The maximum atomic E-state index is 12.8. The van der Waals surface area contributed by atoms with Crippen LogP contribution in [0.3, 0.4) is 0 Å². The van der Waals surface area contributed by atoms with Crippen LogP contribution >= 0.6 is 0 Å². The molecule has 1 amide bonds. The molecule has 0 radical (unpaired) electrons. The molecule has 0 unspecified atom stereocenters. The second-order valence-corrected chi connectivity index (χ2v) is 5.74. The van der Waals surface area contributed by atoms with E-state index in [1.54, 1.807) is 17.0 Å². The van der Waals surface area contributed by atoms with Crippen molar-refractivity contribution in [3.63, 3.8) is 0 Å². The van der Waals surface area contributed by atoms with Crippen molar-refractivity contribution >= 4 is 5.91 Å². The Morgan fingerprint density at radius 3 is 2.42 bits per heavy atom. The number of benzene rings is 1. The molecule has 2 aromatic rings. The van der Waals surface area contributed by atoms with Gasteiger partial charge >= 0.3 is 0 Å². The van der Waals surface area contributed by atoms with Gasteiger partial charge in [-0.2, -0.15) is 9.78 Å². The molecule has 3 rings (SSSR count). The van der Waals surface area contributed by atoms with E-state index < -0.39 is 0 Å². The molecule has 7 heteroatoms. The quantitative estimate of drug-likeness (QED) is 0.827. The summed E-state index contributed by atoms with van der Waals surface area (Å²) in [5, 5.41) is 4.28. The van der Waals surface area contributed by atoms with Crippen molar-refractivity contribution in [2.24, 2.45) is 0 Å². The normalized spacial score (nSPS) is 15.3. The van der Waals surface area contributed by atoms with E-state index in [9.17, 15) is 9.59 Å². The van der Waals surface area contributed by atoms with E-state index in [0.29, 0.717) is 18.8 Å². The zero-order chi connectivity index (χ0) is 17.1. The van der Waals surface area contributed by atoms with Crippen LogP contribution in [0.25, 0.3) is 5.69 Å². The molecule has 0 atom stereocenters. The summed E-state index contributed by atoms with van der Waals surface area (Å²) in [7, 11) is 3.46. The first-order valence-electron chi connectivity index (χ1n) is 7.82. The fraction of sp³-hybridized carbons (Fsp3) is 0.353. The van der Waals surface area contributed by atoms with Gasteiger partial charge in [0, 0.05) is 26.2 Å². The van der Waals surface area contributed by atoms with E-state index in [4.69, 9.17) is 4.74 Å². The third-order valence-corrected chi connectivity index (χ3v) is 4.11. The Hall–Kier alpha value is -2.67. The highest BCUT2D eigenvalue weighted by Gasteiger charge is 2.25. The third-order valence-electron chi connectivity index (χ3n) is 4.11. The number of hydrogen-bond donors (Lipinski definition) is 0. The summed E-state index contributed by atoms with van der Waals surface area (Å²) in [5.74, 6) is -0.0132. The van der Waals surface area contributed by atoms with Crippen LogP contribution in [-0.4, -0.2) is 65.8 Å². The summed E-state index contributed by atoms with van der Waals surface area (Å²) in [5.41, 5.74) is 0.427. The number of methoxy groups -OCH3 is 1. The average molecular weight is 328 g/mol. The van der Waals surface area contributed by atoms with Gasteiger partial charge in [0.1, 0.15) is 0 Å². The molecule has 24 heavy (non-hydrogen) atoms. The number of ether oxygens (including phenoxy) is 1. The lowest BCUT2D eigenvalue weighted by atomic mass is 10.2. The summed E-state index contributed by atoms with van der Waals surface area (Å²) >= 11 is 0. The summed E-state index contributed by atoms with van der Waals surface area (Å²) in [6.07, 6.45) is 0. The number of amides is 1. The molecule has 2 heterocycles. The van der Waals surface area contributed by atoms with Gasteiger partial charge < -0.3 is 14.5 Å². The van der Waals surface area contributed by atoms with Crippen LogP contribution in [0.15, 0.2) is 41.2 Å². The number of likely N-dealkylation sites (N-methyl/N-ethyl adjacent to an activating group) is 1. The zero-order valence-corrected chi connectivity index (χ0v) is 13.8. The molecule has 126 valence electrons. The number of aromatic nitrogens is 2. The maximum Gasteiger partial charge on any atom is 0.278 e. The highest BCUT2D eigenvalue weighted by molar-refractivity contribution is 5.94. The molecular weight excluding hydrogens is 308 g/mol. The van der Waals surface area contributed by atoms with Crippen LogP contribution in [0.2, 0.25) is 0 Å². The maximum absolute atomic E-state index is 12.8. The van der Waals surface area contributed by atoms with Crippen LogP contribution < -0.4 is 10.3 Å². The average Bonchev–Trinajstić information content (AvgIpc) is 2.62. The van der Waals surface area contributed by atoms with Crippen molar-refractivity contribution in [2.75, 3.05) is 40.3 Å². The molecular formula is C17H20N4O3. The van der Waals surface area contributed by atoms with E-state index >= 15 is 0 Å². The molecule has 1 aromatic heterocycles. The van der Waals surface area contributed by atoms with Crippen LogP contribution in [0.5, 0.6) is 5.75 Å². The van der Waals surface area contributed by atoms with Gasteiger partial charge in [0.15, 0.2) is 11.4 Å². The van der Waals surface area contributed by atoms with Gasteiger partial charge in [0.2, 0.25) is 0 Å². The summed E-state index contributed by atoms with van der Waals surface area (Å²) in [6, 6.07) is 10.3. The molecule has 1 aliphatic heterocycles. The Bertz CT molecular complexity index is 780. The van der Waals surface area contributed by atoms with Crippen LogP contribution in [0.1, 0.15) is 10.5 Å². The molecule has 0 N–H and O–H groups in total. The van der Waals surface area contributed by atoms with E-state index in [1.165, 1.54) is 17.9 Å². The van der Waals surface area contributed by atoms with Crippen LogP contribution in [0.4, 0.5) is 0 Å². The lowest BCUT2D eigenvalue weighted by Gasteiger charge is -2.32. The summed E-state index contributed by atoms with van der Waals surface area (Å²) < 4.78 is 6.44. The van der Waals surface area contributed by atoms with E-state index in [1.807, 2.05) is 25.2 Å². The molecule has 0 spiro atoms. The molecule has 0 saturated carbocycles. The minimum Gasteiger partial charge on any atom is -0.494 e. The van der Waals surface area contributed by atoms with Crippen molar-refractivity contribution in [3.8, 4) is 11.4 Å². The Morgan fingerprint density at radius 1 is 1.12 bits per heavy atom. The van der Waals surface area contributed by atoms with Gasteiger partial charge in [-0.05, 0) is 19.2 Å². The minimum atomic E-state index is -0.340. The van der Waals surface area contributed by atoms with E-state index in [0.717, 1.165) is 13.1 Å². The molecule has 0 aliphatic carbocycles. The predicted molar refractivity (Wildman–Crippen MR) is 89.8 cm³/mol. The van der Waals surface area contributed by atoms with Gasteiger partial charge in [-0.3, -0.25) is 9.59 Å². The highest BCUT2D eigenvalue weighted by atomic mass is 16.5. The minimum absolute atomic E-state index is 0.158. The lowest BCUT2D eigenvalue weighted by molar-refractivity contribution is 0.0652. The van der Waals surface area contributed by atoms with Crippen molar-refractivity contribution < 1.29 is 9.53 Å². The number of para-hydroxylation sites is 1. The van der Waals surface area contributed by atoms with Crippen molar-refractivity contribution in [2.45, 2.75) is 0 Å². The number of nitrogens with zero attached hydrogens (tertiary/aromatic N) is 4. The van der Waals surface area contributed by atoms with Gasteiger partial charge in [-0.25, -0.2) is 0 Å². The highest BCUT2D eigenvalue weighted by Crippen LogP contribution is 2.17. The van der Waals surface area contributed by atoms with Crippen molar-refractivity contribution in [1.29, 1.82) is 0 Å². The van der Waals surface area contributed by atoms with Gasteiger partial charge in [-0.1, -0.05) is 18.2 Å². The number of rotatable bonds is 3. The molecule has 1 saturated heterocycles. The van der Waals surface area contributed by atoms with Crippen molar-refractivity contribution in [1.82, 2.24) is 19.6 Å². The molecule has 1 aliphatic rings. The smallest absolute Gasteiger partial charge is 0.278 e. The van der Waals surface area contributed by atoms with Crippen molar-refractivity contribution in [3.05, 3.63) is 52.4 Å². The lowest BCUT2D eigenvalue weighted by Crippen LogP contribution is -2.47. The number of carbonyl (C=O) groups excluding carboxylic acids is 1. The standard InChI is InChI=1S/C17H20N4O3/c1-19-8-10-20(11-9-19)17(23)16-14(24-2)12-15(22)21(18-16)13-6-4-3-5-7-13/h3-7,12H,8-11H2,1-2H3. The van der Waals surface area contributed by atoms with Gasteiger partial charge in [0.25, 0.3) is 11.5 Å². The first-order valence-corrected chi connectivity index (χ1v) is 7.82. The molecule has 1 aromatic carbocycles. The number of piperazine rings is 1. The third kappa shape index (κ3) is 3.16. The Labute approximate surface area is 140 Å². The predicted octanol–water partition coefficient (Wildman–Crippen LogP) is 0.629. The van der Waals surface area contributed by atoms with Gasteiger partial charge in [-0.15, -0.1) is 0 Å². The zero-order valence-electron chi connectivity index (χ0n) is 13.8. The SMILES string of the molecule is COc1cc(=O)n(-c2ccccc2)nc1C(=O)N1CCN(C)CC1. The number of carbonyl (C=O) groups is 1. The molecule has 0 bridgehead atoms. The molecule has 1 fully saturated rings. The topological polar surface area (TPSA) is 67.7 Å². The molecule has 7 nitrogen and oxygen atoms in total. The monoisotopic (exact) mass is 328 g/mol. The second-order valence-electron chi connectivity index (χ2n) is 5.74. The Balaban J connectivity index is 2.00. The number of hydrogen-bond acceptors (Lipinski definition) is 5. The largest absolute Gasteiger partial charge is 0.494 e. The Morgan fingerprint density at radius 2 is 1.79 bits per heavy atom.